The normalized spacial score (nSPS) is 27.5. The first-order valence-electron chi connectivity index (χ1n) is 9.37. The molecule has 1 saturated carbocycles. The van der Waals surface area contributed by atoms with E-state index in [4.69, 9.17) is 9.72 Å². The van der Waals surface area contributed by atoms with Crippen LogP contribution in [0, 0.1) is 0 Å². The molecule has 0 spiro atoms. The molecule has 132 valence electrons. The highest BCUT2D eigenvalue weighted by Gasteiger charge is 2.36. The third kappa shape index (κ3) is 2.81. The van der Waals surface area contributed by atoms with Gasteiger partial charge in [0.1, 0.15) is 6.61 Å². The van der Waals surface area contributed by atoms with E-state index in [-0.39, 0.29) is 6.09 Å². The highest BCUT2D eigenvalue weighted by atomic mass is 32.1. The summed E-state index contributed by atoms with van der Waals surface area (Å²) in [4.78, 5) is 21.0. The van der Waals surface area contributed by atoms with E-state index >= 15 is 0 Å². The van der Waals surface area contributed by atoms with E-state index in [1.54, 1.807) is 16.2 Å². The summed E-state index contributed by atoms with van der Waals surface area (Å²) in [6.45, 7) is 3.68. The Balaban J connectivity index is 1.31. The number of rotatable bonds is 3. The van der Waals surface area contributed by atoms with Crippen molar-refractivity contribution in [2.45, 2.75) is 44.1 Å². The number of aromatic nitrogens is 1. The molecule has 0 unspecified atom stereocenters. The molecule has 5 rings (SSSR count). The van der Waals surface area contributed by atoms with Gasteiger partial charge >= 0.3 is 6.09 Å². The number of likely N-dealkylation sites (tertiary alicyclic amines) is 1. The number of carbonyl (C=O) groups is 1. The summed E-state index contributed by atoms with van der Waals surface area (Å²) >= 11 is 1.80. The van der Waals surface area contributed by atoms with E-state index in [1.165, 1.54) is 54.9 Å². The summed E-state index contributed by atoms with van der Waals surface area (Å²) in [6, 6.07) is 6.88. The zero-order valence-electron chi connectivity index (χ0n) is 14.3. The van der Waals surface area contributed by atoms with Crippen molar-refractivity contribution in [3.05, 3.63) is 23.2 Å². The topological polar surface area (TPSA) is 45.7 Å². The molecule has 3 heterocycles. The molecule has 25 heavy (non-hydrogen) atoms. The number of carbonyl (C=O) groups excluding carboxylic acids is 1. The first kappa shape index (κ1) is 15.6. The maximum Gasteiger partial charge on any atom is 0.414 e. The van der Waals surface area contributed by atoms with Crippen molar-refractivity contribution in [1.82, 2.24) is 9.88 Å². The Labute approximate surface area is 151 Å². The molecule has 2 aliphatic heterocycles. The van der Waals surface area contributed by atoms with E-state index in [2.05, 4.69) is 11.0 Å². The Kier molecular flexibility index (Phi) is 3.90. The van der Waals surface area contributed by atoms with Crippen molar-refractivity contribution < 1.29 is 9.53 Å². The largest absolute Gasteiger partial charge is 0.447 e. The summed E-state index contributed by atoms with van der Waals surface area (Å²) in [7, 11) is 0. The van der Waals surface area contributed by atoms with E-state index in [9.17, 15) is 4.79 Å². The standard InChI is InChI=1S/C19H23N3O2S/c23-19-22(8-9-24-19)14-4-5-16-17(12-14)25-18(20-16)13-10-15(11-13)21-6-2-1-3-7-21/h4-5,12-13,15H,1-3,6-11H2. The van der Waals surface area contributed by atoms with Crippen LogP contribution in [0.15, 0.2) is 18.2 Å². The molecule has 1 aliphatic carbocycles. The first-order chi connectivity index (χ1) is 12.3. The lowest BCUT2D eigenvalue weighted by atomic mass is 9.79. The number of piperidine rings is 1. The molecule has 1 aromatic heterocycles. The highest BCUT2D eigenvalue weighted by Crippen LogP contribution is 2.43. The summed E-state index contributed by atoms with van der Waals surface area (Å²) in [5, 5.41) is 1.27. The zero-order chi connectivity index (χ0) is 16.8. The highest BCUT2D eigenvalue weighted by molar-refractivity contribution is 7.18. The van der Waals surface area contributed by atoms with Crippen molar-refractivity contribution >= 4 is 33.3 Å². The Morgan fingerprint density at radius 1 is 1.12 bits per heavy atom. The number of ether oxygens (including phenoxy) is 1. The van der Waals surface area contributed by atoms with E-state index in [0.29, 0.717) is 19.1 Å². The predicted molar refractivity (Wildman–Crippen MR) is 99.5 cm³/mol. The van der Waals surface area contributed by atoms with Gasteiger partial charge in [0.05, 0.1) is 21.8 Å². The van der Waals surface area contributed by atoms with Crippen LogP contribution in [0.4, 0.5) is 10.5 Å². The lowest BCUT2D eigenvalue weighted by Crippen LogP contribution is -2.46. The number of nitrogens with zero attached hydrogens (tertiary/aromatic N) is 3. The zero-order valence-corrected chi connectivity index (χ0v) is 15.1. The number of anilines is 1. The Morgan fingerprint density at radius 3 is 2.72 bits per heavy atom. The van der Waals surface area contributed by atoms with Gasteiger partial charge in [0.2, 0.25) is 0 Å². The molecule has 3 aliphatic rings. The number of fused-ring (bicyclic) bond motifs is 1. The van der Waals surface area contributed by atoms with Crippen LogP contribution in [0.1, 0.15) is 43.0 Å². The third-order valence-corrected chi connectivity index (χ3v) is 7.01. The lowest BCUT2D eigenvalue weighted by Gasteiger charge is -2.43. The van der Waals surface area contributed by atoms with Crippen LogP contribution in [-0.4, -0.2) is 48.3 Å². The maximum absolute atomic E-state index is 11.8. The smallest absolute Gasteiger partial charge is 0.414 e. The van der Waals surface area contributed by atoms with Crippen molar-refractivity contribution in [1.29, 1.82) is 0 Å². The molecule has 0 atom stereocenters. The van der Waals surface area contributed by atoms with Crippen LogP contribution in [0.25, 0.3) is 10.2 Å². The number of hydrogen-bond acceptors (Lipinski definition) is 5. The fourth-order valence-electron chi connectivity index (χ4n) is 4.27. The number of cyclic esters (lactones) is 1. The van der Waals surface area contributed by atoms with Gasteiger partial charge in [0.15, 0.2) is 0 Å². The van der Waals surface area contributed by atoms with E-state index in [1.807, 2.05) is 12.1 Å². The summed E-state index contributed by atoms with van der Waals surface area (Å²) in [6.07, 6.45) is 6.40. The molecule has 2 aromatic rings. The molecular formula is C19H23N3O2S. The Hall–Kier alpha value is -1.66. The molecule has 5 nitrogen and oxygen atoms in total. The average molecular weight is 357 g/mol. The number of amides is 1. The Morgan fingerprint density at radius 2 is 1.96 bits per heavy atom. The van der Waals surface area contributed by atoms with E-state index < -0.39 is 0 Å². The van der Waals surface area contributed by atoms with Crippen LogP contribution >= 0.6 is 11.3 Å². The van der Waals surface area contributed by atoms with Gasteiger partial charge in [0.25, 0.3) is 0 Å². The van der Waals surface area contributed by atoms with Crippen LogP contribution in [0.3, 0.4) is 0 Å². The second kappa shape index (κ2) is 6.25. The maximum atomic E-state index is 11.8. The fraction of sp³-hybridized carbons (Fsp3) is 0.579. The van der Waals surface area contributed by atoms with Gasteiger partial charge in [-0.1, -0.05) is 6.42 Å². The van der Waals surface area contributed by atoms with Crippen LogP contribution in [-0.2, 0) is 4.74 Å². The lowest BCUT2D eigenvalue weighted by molar-refractivity contribution is 0.0888. The SMILES string of the molecule is O=C1OCCN1c1ccc2nc(C3CC(N4CCCCC4)C3)sc2c1. The first-order valence-corrected chi connectivity index (χ1v) is 10.2. The molecular weight excluding hydrogens is 334 g/mol. The number of benzene rings is 1. The van der Waals surface area contributed by atoms with Gasteiger partial charge in [-0.2, -0.15) is 0 Å². The van der Waals surface area contributed by atoms with Gasteiger partial charge in [-0.15, -0.1) is 11.3 Å². The molecule has 1 aromatic carbocycles. The van der Waals surface area contributed by atoms with Crippen molar-refractivity contribution in [3.63, 3.8) is 0 Å². The quantitative estimate of drug-likeness (QED) is 0.833. The van der Waals surface area contributed by atoms with Gasteiger partial charge < -0.3 is 9.64 Å². The molecule has 3 fully saturated rings. The summed E-state index contributed by atoms with van der Waals surface area (Å²) in [5.41, 5.74) is 1.97. The van der Waals surface area contributed by atoms with Gasteiger partial charge in [-0.25, -0.2) is 9.78 Å². The van der Waals surface area contributed by atoms with Gasteiger partial charge in [-0.05, 0) is 57.0 Å². The molecule has 0 N–H and O–H groups in total. The summed E-state index contributed by atoms with van der Waals surface area (Å²) in [5.74, 6) is 0.615. The molecule has 2 saturated heterocycles. The van der Waals surface area contributed by atoms with Crippen LogP contribution < -0.4 is 4.90 Å². The molecule has 6 heteroatoms. The number of thiazole rings is 1. The number of hydrogen-bond donors (Lipinski definition) is 0. The molecule has 1 amide bonds. The average Bonchev–Trinajstić information content (AvgIpc) is 3.19. The van der Waals surface area contributed by atoms with Crippen molar-refractivity contribution in [2.75, 3.05) is 31.1 Å². The molecule has 0 bridgehead atoms. The van der Waals surface area contributed by atoms with Crippen molar-refractivity contribution in [3.8, 4) is 0 Å². The minimum Gasteiger partial charge on any atom is -0.447 e. The second-order valence-corrected chi connectivity index (χ2v) is 8.45. The van der Waals surface area contributed by atoms with Crippen LogP contribution in [0.5, 0.6) is 0 Å². The fourth-order valence-corrected chi connectivity index (χ4v) is 5.40. The van der Waals surface area contributed by atoms with Crippen molar-refractivity contribution in [2.24, 2.45) is 0 Å². The van der Waals surface area contributed by atoms with Gasteiger partial charge in [0, 0.05) is 17.6 Å². The predicted octanol–water partition coefficient (Wildman–Crippen LogP) is 3.98. The monoisotopic (exact) mass is 357 g/mol. The van der Waals surface area contributed by atoms with Gasteiger partial charge in [-0.3, -0.25) is 4.90 Å². The van der Waals surface area contributed by atoms with Crippen LogP contribution in [0.2, 0.25) is 0 Å². The second-order valence-electron chi connectivity index (χ2n) is 7.39. The van der Waals surface area contributed by atoms with E-state index in [0.717, 1.165) is 17.2 Å². The Bertz CT molecular complexity index is 793. The molecule has 0 radical (unpaired) electrons. The summed E-state index contributed by atoms with van der Waals surface area (Å²) < 4.78 is 6.22. The minimum atomic E-state index is -0.243. The minimum absolute atomic E-state index is 0.243. The third-order valence-electron chi connectivity index (χ3n) is 5.83.